The number of rotatable bonds is 7. The lowest BCUT2D eigenvalue weighted by Crippen LogP contribution is -2.35. The Hall–Kier alpha value is -2.21. The summed E-state index contributed by atoms with van der Waals surface area (Å²) < 4.78 is 1.50. The van der Waals surface area contributed by atoms with Crippen LogP contribution in [0.2, 0.25) is 0 Å². The van der Waals surface area contributed by atoms with Crippen LogP contribution in [0.15, 0.2) is 36.5 Å². The first-order valence-electron chi connectivity index (χ1n) is 7.09. The molecule has 1 atom stereocenters. The fourth-order valence-electron chi connectivity index (χ4n) is 2.08. The molecule has 0 aliphatic carbocycles. The maximum atomic E-state index is 11.9. The van der Waals surface area contributed by atoms with Crippen LogP contribution in [0.3, 0.4) is 0 Å². The number of nitrogens with one attached hydrogen (secondary N) is 1. The van der Waals surface area contributed by atoms with Crippen molar-refractivity contribution in [1.82, 2.24) is 20.3 Å². The summed E-state index contributed by atoms with van der Waals surface area (Å²) in [7, 11) is 0. The van der Waals surface area contributed by atoms with Crippen molar-refractivity contribution in [3.05, 3.63) is 47.8 Å². The van der Waals surface area contributed by atoms with Gasteiger partial charge in [-0.05, 0) is 25.3 Å². The molecule has 1 amide bonds. The summed E-state index contributed by atoms with van der Waals surface area (Å²) in [4.78, 5) is 11.9. The Bertz CT molecular complexity index is 566. The number of aryl methyl sites for hydroxylation is 1. The minimum absolute atomic E-state index is 0.0657. The zero-order chi connectivity index (χ0) is 15.1. The first-order valence-corrected chi connectivity index (χ1v) is 7.09. The van der Waals surface area contributed by atoms with Crippen molar-refractivity contribution in [3.8, 4) is 0 Å². The van der Waals surface area contributed by atoms with Gasteiger partial charge in [-0.15, -0.1) is 5.10 Å². The highest BCUT2D eigenvalue weighted by molar-refractivity contribution is 5.75. The second kappa shape index (κ2) is 7.54. The Balaban J connectivity index is 1.74. The molecule has 0 radical (unpaired) electrons. The summed E-state index contributed by atoms with van der Waals surface area (Å²) in [5.74, 6) is -0.0657. The van der Waals surface area contributed by atoms with Crippen molar-refractivity contribution in [2.75, 3.05) is 0 Å². The van der Waals surface area contributed by atoms with Gasteiger partial charge in [-0.2, -0.15) is 0 Å². The van der Waals surface area contributed by atoms with Crippen molar-refractivity contribution in [1.29, 1.82) is 0 Å². The molecule has 3 N–H and O–H groups in total. The second-order valence-electron chi connectivity index (χ2n) is 5.10. The van der Waals surface area contributed by atoms with Crippen LogP contribution in [-0.4, -0.2) is 26.9 Å². The Morgan fingerprint density at radius 1 is 1.38 bits per heavy atom. The fraction of sp³-hybridized carbons (Fsp3) is 0.400. The zero-order valence-electron chi connectivity index (χ0n) is 12.2. The zero-order valence-corrected chi connectivity index (χ0v) is 12.2. The van der Waals surface area contributed by atoms with Crippen LogP contribution in [0, 0.1) is 0 Å². The van der Waals surface area contributed by atoms with E-state index in [1.165, 1.54) is 10.2 Å². The van der Waals surface area contributed by atoms with Crippen LogP contribution >= 0.6 is 0 Å². The van der Waals surface area contributed by atoms with Gasteiger partial charge in [0.15, 0.2) is 0 Å². The summed E-state index contributed by atoms with van der Waals surface area (Å²) in [5, 5.41) is 10.7. The van der Waals surface area contributed by atoms with Gasteiger partial charge in [-0.25, -0.2) is 4.68 Å². The van der Waals surface area contributed by atoms with E-state index in [9.17, 15) is 4.79 Å². The van der Waals surface area contributed by atoms with Crippen molar-refractivity contribution in [2.24, 2.45) is 5.73 Å². The Morgan fingerprint density at radius 3 is 2.81 bits per heavy atom. The highest BCUT2D eigenvalue weighted by Gasteiger charge is 2.09. The van der Waals surface area contributed by atoms with Crippen LogP contribution in [0.1, 0.15) is 24.6 Å². The molecule has 6 nitrogen and oxygen atoms in total. The van der Waals surface area contributed by atoms with E-state index in [2.05, 4.69) is 27.8 Å². The number of hydrogen-bond acceptors (Lipinski definition) is 4. The maximum Gasteiger partial charge on any atom is 0.242 e. The lowest BCUT2D eigenvalue weighted by molar-refractivity contribution is -0.122. The molecule has 6 heteroatoms. The Morgan fingerprint density at radius 2 is 2.14 bits per heavy atom. The molecule has 0 aliphatic rings. The van der Waals surface area contributed by atoms with Gasteiger partial charge >= 0.3 is 0 Å². The van der Waals surface area contributed by atoms with Crippen LogP contribution in [0.4, 0.5) is 0 Å². The van der Waals surface area contributed by atoms with E-state index < -0.39 is 0 Å². The van der Waals surface area contributed by atoms with E-state index in [1.807, 2.05) is 25.1 Å². The molecule has 1 unspecified atom stereocenters. The second-order valence-corrected chi connectivity index (χ2v) is 5.10. The smallest absolute Gasteiger partial charge is 0.242 e. The van der Waals surface area contributed by atoms with Crippen molar-refractivity contribution in [2.45, 2.75) is 38.9 Å². The van der Waals surface area contributed by atoms with E-state index in [-0.39, 0.29) is 18.5 Å². The first-order chi connectivity index (χ1) is 10.2. The van der Waals surface area contributed by atoms with Gasteiger partial charge in [-0.3, -0.25) is 4.79 Å². The highest BCUT2D eigenvalue weighted by Crippen LogP contribution is 2.04. The van der Waals surface area contributed by atoms with Crippen LogP contribution < -0.4 is 11.1 Å². The number of aromatic nitrogens is 3. The van der Waals surface area contributed by atoms with Crippen LogP contribution in [0.5, 0.6) is 0 Å². The summed E-state index contributed by atoms with van der Waals surface area (Å²) in [6.45, 7) is 2.51. The number of nitrogens with two attached hydrogens (primary N) is 1. The molecule has 1 aromatic heterocycles. The summed E-state index contributed by atoms with van der Waals surface area (Å²) in [5.41, 5.74) is 7.41. The van der Waals surface area contributed by atoms with Crippen molar-refractivity contribution in [3.63, 3.8) is 0 Å². The number of carbonyl (C=O) groups excluding carboxylic acids is 1. The van der Waals surface area contributed by atoms with Crippen LogP contribution in [-0.2, 0) is 24.3 Å². The molecule has 0 saturated carbocycles. The molecule has 2 aromatic rings. The molecule has 1 aromatic carbocycles. The number of hydrogen-bond donors (Lipinski definition) is 2. The van der Waals surface area contributed by atoms with Crippen molar-refractivity contribution < 1.29 is 4.79 Å². The largest absolute Gasteiger partial charge is 0.352 e. The topological polar surface area (TPSA) is 85.8 Å². The van der Waals surface area contributed by atoms with E-state index in [0.717, 1.165) is 12.8 Å². The lowest BCUT2D eigenvalue weighted by Gasteiger charge is -2.13. The number of nitrogens with zero attached hydrogens (tertiary/aromatic N) is 3. The minimum atomic E-state index is -0.0657. The van der Waals surface area contributed by atoms with Gasteiger partial charge < -0.3 is 11.1 Å². The Labute approximate surface area is 124 Å². The average Bonchev–Trinajstić information content (AvgIpc) is 2.93. The molecule has 0 spiro atoms. The maximum absolute atomic E-state index is 11.9. The third kappa shape index (κ3) is 5.00. The third-order valence-corrected chi connectivity index (χ3v) is 3.22. The molecular weight excluding hydrogens is 266 g/mol. The molecule has 1 heterocycles. The minimum Gasteiger partial charge on any atom is -0.352 e. The molecular formula is C15H21N5O. The van der Waals surface area contributed by atoms with Gasteiger partial charge in [0.2, 0.25) is 5.91 Å². The predicted molar refractivity (Wildman–Crippen MR) is 80.3 cm³/mol. The predicted octanol–water partition coefficient (Wildman–Crippen LogP) is 0.874. The number of benzene rings is 1. The fourth-order valence-corrected chi connectivity index (χ4v) is 2.08. The quantitative estimate of drug-likeness (QED) is 0.791. The van der Waals surface area contributed by atoms with Gasteiger partial charge in [0.1, 0.15) is 6.54 Å². The lowest BCUT2D eigenvalue weighted by atomic mass is 10.1. The van der Waals surface area contributed by atoms with Gasteiger partial charge in [0, 0.05) is 12.6 Å². The standard InChI is InChI=1S/C15H21N5O/c1-12(7-8-13-5-3-2-4-6-13)17-15(21)11-20-10-14(9-16)18-19-20/h2-6,10,12H,7-9,11,16H2,1H3,(H,17,21). The molecule has 21 heavy (non-hydrogen) atoms. The average molecular weight is 287 g/mol. The van der Waals surface area contributed by atoms with Gasteiger partial charge in [0.05, 0.1) is 11.9 Å². The first kappa shape index (κ1) is 15.2. The highest BCUT2D eigenvalue weighted by atomic mass is 16.2. The van der Waals surface area contributed by atoms with Gasteiger partial charge in [-0.1, -0.05) is 35.5 Å². The van der Waals surface area contributed by atoms with E-state index in [1.54, 1.807) is 6.20 Å². The SMILES string of the molecule is CC(CCc1ccccc1)NC(=O)Cn1cc(CN)nn1. The van der Waals surface area contributed by atoms with Crippen LogP contribution in [0.25, 0.3) is 0 Å². The molecule has 0 fully saturated rings. The third-order valence-electron chi connectivity index (χ3n) is 3.22. The van der Waals surface area contributed by atoms with E-state index >= 15 is 0 Å². The molecule has 112 valence electrons. The molecule has 2 rings (SSSR count). The number of amides is 1. The molecule has 0 aliphatic heterocycles. The van der Waals surface area contributed by atoms with E-state index in [0.29, 0.717) is 12.2 Å². The normalized spacial score (nSPS) is 12.1. The van der Waals surface area contributed by atoms with E-state index in [4.69, 9.17) is 5.73 Å². The summed E-state index contributed by atoms with van der Waals surface area (Å²) in [6.07, 6.45) is 3.54. The monoisotopic (exact) mass is 287 g/mol. The summed E-state index contributed by atoms with van der Waals surface area (Å²) in [6, 6.07) is 10.4. The number of carbonyl (C=O) groups is 1. The molecule has 0 saturated heterocycles. The summed E-state index contributed by atoms with van der Waals surface area (Å²) >= 11 is 0. The van der Waals surface area contributed by atoms with Crippen molar-refractivity contribution >= 4 is 5.91 Å². The Kier molecular flexibility index (Phi) is 5.45. The van der Waals surface area contributed by atoms with Gasteiger partial charge in [0.25, 0.3) is 0 Å². The molecule has 0 bridgehead atoms.